The minimum Gasteiger partial charge on any atom is -0.316 e. The van der Waals surface area contributed by atoms with Crippen LogP contribution in [0.15, 0.2) is 35.9 Å². The maximum Gasteiger partial charge on any atom is 0.218 e. The number of hydrogen-bond donors (Lipinski definition) is 1. The zero-order valence-corrected chi connectivity index (χ0v) is 12.9. The van der Waals surface area contributed by atoms with Gasteiger partial charge in [0.15, 0.2) is 0 Å². The van der Waals surface area contributed by atoms with Crippen LogP contribution in [0.2, 0.25) is 0 Å². The van der Waals surface area contributed by atoms with E-state index in [-0.39, 0.29) is 5.75 Å². The normalized spacial score (nSPS) is 17.0. The van der Waals surface area contributed by atoms with Gasteiger partial charge < -0.3 is 5.32 Å². The fourth-order valence-corrected chi connectivity index (χ4v) is 3.79. The Morgan fingerprint density at radius 3 is 2.70 bits per heavy atom. The second-order valence-electron chi connectivity index (χ2n) is 5.26. The second-order valence-corrected chi connectivity index (χ2v) is 7.23. The van der Waals surface area contributed by atoms with E-state index >= 15 is 0 Å². The average molecular weight is 294 g/mol. The summed E-state index contributed by atoms with van der Waals surface area (Å²) in [5.41, 5.74) is 3.23. The van der Waals surface area contributed by atoms with Crippen LogP contribution in [0.25, 0.3) is 0 Å². The minimum atomic E-state index is -3.22. The lowest BCUT2D eigenvalue weighted by Gasteiger charge is -2.24. The molecule has 1 aromatic carbocycles. The summed E-state index contributed by atoms with van der Waals surface area (Å²) in [6.07, 6.45) is 2.83. The van der Waals surface area contributed by atoms with Crippen molar-refractivity contribution in [3.8, 4) is 0 Å². The molecule has 5 heteroatoms. The summed E-state index contributed by atoms with van der Waals surface area (Å²) in [4.78, 5) is 0. The van der Waals surface area contributed by atoms with Crippen molar-refractivity contribution < 1.29 is 8.42 Å². The highest BCUT2D eigenvalue weighted by Crippen LogP contribution is 2.17. The summed E-state index contributed by atoms with van der Waals surface area (Å²) in [7, 11) is -1.34. The van der Waals surface area contributed by atoms with E-state index in [1.54, 1.807) is 4.31 Å². The second kappa shape index (κ2) is 6.52. The number of nitrogens with one attached hydrogen (secondary N) is 1. The van der Waals surface area contributed by atoms with Gasteiger partial charge in [0, 0.05) is 19.6 Å². The fourth-order valence-electron chi connectivity index (χ4n) is 2.34. The first kappa shape index (κ1) is 15.2. The molecule has 20 heavy (non-hydrogen) atoms. The van der Waals surface area contributed by atoms with Gasteiger partial charge in [0.05, 0.1) is 5.75 Å². The van der Waals surface area contributed by atoms with E-state index in [1.807, 2.05) is 44.3 Å². The average Bonchev–Trinajstić information content (AvgIpc) is 2.39. The SMILES string of the molecule is CNCc1cccc(CS(=O)(=O)N2CC=C(C)CC2)c1. The van der Waals surface area contributed by atoms with Crippen LogP contribution >= 0.6 is 0 Å². The summed E-state index contributed by atoms with van der Waals surface area (Å²) in [6.45, 7) is 3.90. The predicted molar refractivity (Wildman–Crippen MR) is 81.8 cm³/mol. The van der Waals surface area contributed by atoms with Crippen LogP contribution in [0.4, 0.5) is 0 Å². The molecule has 0 saturated carbocycles. The zero-order valence-electron chi connectivity index (χ0n) is 12.1. The lowest BCUT2D eigenvalue weighted by molar-refractivity contribution is 0.430. The molecule has 0 spiro atoms. The standard InChI is InChI=1S/C15H22N2O2S/c1-13-6-8-17(9-7-13)20(18,19)12-15-5-3-4-14(10-15)11-16-2/h3-6,10,16H,7-9,11-12H2,1-2H3. The molecule has 1 aromatic rings. The van der Waals surface area contributed by atoms with Crippen molar-refractivity contribution in [2.45, 2.75) is 25.6 Å². The predicted octanol–water partition coefficient (Wildman–Crippen LogP) is 1.89. The lowest BCUT2D eigenvalue weighted by atomic mass is 10.1. The summed E-state index contributed by atoms with van der Waals surface area (Å²) < 4.78 is 26.4. The van der Waals surface area contributed by atoms with Crippen molar-refractivity contribution in [3.63, 3.8) is 0 Å². The van der Waals surface area contributed by atoms with E-state index in [9.17, 15) is 8.42 Å². The van der Waals surface area contributed by atoms with Gasteiger partial charge >= 0.3 is 0 Å². The van der Waals surface area contributed by atoms with E-state index in [0.29, 0.717) is 13.1 Å². The van der Waals surface area contributed by atoms with E-state index < -0.39 is 10.0 Å². The van der Waals surface area contributed by atoms with Crippen LogP contribution in [0, 0.1) is 0 Å². The molecule has 0 aliphatic carbocycles. The largest absolute Gasteiger partial charge is 0.316 e. The molecule has 0 fully saturated rings. The first-order chi connectivity index (χ1) is 9.51. The molecule has 1 N–H and O–H groups in total. The van der Waals surface area contributed by atoms with Gasteiger partial charge in [-0.15, -0.1) is 0 Å². The van der Waals surface area contributed by atoms with Crippen LogP contribution in [-0.4, -0.2) is 32.9 Å². The summed E-state index contributed by atoms with van der Waals surface area (Å²) in [5, 5.41) is 3.07. The summed E-state index contributed by atoms with van der Waals surface area (Å²) in [5.74, 6) is 0.0808. The first-order valence-corrected chi connectivity index (χ1v) is 8.48. The van der Waals surface area contributed by atoms with Gasteiger partial charge in [-0.2, -0.15) is 4.31 Å². The van der Waals surface area contributed by atoms with Crippen LogP contribution in [-0.2, 0) is 22.3 Å². The number of sulfonamides is 1. The highest BCUT2D eigenvalue weighted by Gasteiger charge is 2.23. The topological polar surface area (TPSA) is 49.4 Å². The van der Waals surface area contributed by atoms with Gasteiger partial charge in [-0.3, -0.25) is 0 Å². The molecular weight excluding hydrogens is 272 g/mol. The third-order valence-corrected chi connectivity index (χ3v) is 5.33. The molecule has 0 amide bonds. The van der Waals surface area contributed by atoms with E-state index in [2.05, 4.69) is 5.32 Å². The molecule has 2 rings (SSSR count). The molecule has 0 bridgehead atoms. The molecule has 0 saturated heterocycles. The Morgan fingerprint density at radius 2 is 2.05 bits per heavy atom. The highest BCUT2D eigenvalue weighted by atomic mass is 32.2. The summed E-state index contributed by atoms with van der Waals surface area (Å²) in [6, 6.07) is 7.75. The van der Waals surface area contributed by atoms with E-state index in [1.165, 1.54) is 5.57 Å². The van der Waals surface area contributed by atoms with Crippen molar-refractivity contribution in [2.75, 3.05) is 20.1 Å². The van der Waals surface area contributed by atoms with Crippen molar-refractivity contribution in [2.24, 2.45) is 0 Å². The molecule has 1 heterocycles. The van der Waals surface area contributed by atoms with Crippen LogP contribution in [0.1, 0.15) is 24.5 Å². The highest BCUT2D eigenvalue weighted by molar-refractivity contribution is 7.88. The molecule has 1 aliphatic heterocycles. The molecule has 0 aromatic heterocycles. The molecule has 0 atom stereocenters. The van der Waals surface area contributed by atoms with Crippen molar-refractivity contribution >= 4 is 10.0 Å². The summed E-state index contributed by atoms with van der Waals surface area (Å²) >= 11 is 0. The number of rotatable bonds is 5. The van der Waals surface area contributed by atoms with E-state index in [0.717, 1.165) is 24.1 Å². The number of nitrogens with zero attached hydrogens (tertiary/aromatic N) is 1. The maximum absolute atomic E-state index is 12.4. The van der Waals surface area contributed by atoms with Gasteiger partial charge in [-0.25, -0.2) is 8.42 Å². The molecular formula is C15H22N2O2S. The molecule has 1 aliphatic rings. The Balaban J connectivity index is 2.10. The Morgan fingerprint density at radius 1 is 1.30 bits per heavy atom. The monoisotopic (exact) mass is 294 g/mol. The first-order valence-electron chi connectivity index (χ1n) is 6.87. The molecule has 110 valence electrons. The number of hydrogen-bond acceptors (Lipinski definition) is 3. The molecule has 0 radical (unpaired) electrons. The van der Waals surface area contributed by atoms with Crippen molar-refractivity contribution in [1.82, 2.24) is 9.62 Å². The molecule has 0 unspecified atom stereocenters. The fraction of sp³-hybridized carbons (Fsp3) is 0.467. The smallest absolute Gasteiger partial charge is 0.218 e. The van der Waals surface area contributed by atoms with Crippen molar-refractivity contribution in [3.05, 3.63) is 47.0 Å². The van der Waals surface area contributed by atoms with E-state index in [4.69, 9.17) is 0 Å². The Kier molecular flexibility index (Phi) is 4.96. The third-order valence-electron chi connectivity index (χ3n) is 3.51. The maximum atomic E-state index is 12.4. The lowest BCUT2D eigenvalue weighted by Crippen LogP contribution is -2.35. The van der Waals surface area contributed by atoms with Gasteiger partial charge in [-0.1, -0.05) is 35.9 Å². The molecule has 4 nitrogen and oxygen atoms in total. The van der Waals surface area contributed by atoms with Gasteiger partial charge in [0.1, 0.15) is 0 Å². The Bertz CT molecular complexity index is 594. The van der Waals surface area contributed by atoms with Gasteiger partial charge in [-0.05, 0) is 31.5 Å². The van der Waals surface area contributed by atoms with Crippen LogP contribution in [0.5, 0.6) is 0 Å². The van der Waals surface area contributed by atoms with Crippen molar-refractivity contribution in [1.29, 1.82) is 0 Å². The van der Waals surface area contributed by atoms with Crippen LogP contribution in [0.3, 0.4) is 0 Å². The Labute approximate surface area is 121 Å². The quantitative estimate of drug-likeness (QED) is 0.844. The number of benzene rings is 1. The van der Waals surface area contributed by atoms with Gasteiger partial charge in [0.2, 0.25) is 10.0 Å². The zero-order chi connectivity index (χ0) is 14.6. The van der Waals surface area contributed by atoms with Gasteiger partial charge in [0.25, 0.3) is 0 Å². The minimum absolute atomic E-state index is 0.0808. The third kappa shape index (κ3) is 3.91. The Hall–Kier alpha value is -1.17. The van der Waals surface area contributed by atoms with Crippen LogP contribution < -0.4 is 5.32 Å².